The molecule has 1 saturated heterocycles. The average Bonchev–Trinajstić information content (AvgIpc) is 2.80. The monoisotopic (exact) mass is 480 g/mol. The molecule has 1 fully saturated rings. The molecular weight excluding hydrogens is 460 g/mol. The number of benzene rings is 2. The molecule has 0 bridgehead atoms. The number of phenols is 4. The number of aliphatic hydroxyl groups excluding tert-OH is 4. The van der Waals surface area contributed by atoms with Crippen LogP contribution in [0.4, 0.5) is 0 Å². The van der Waals surface area contributed by atoms with Gasteiger partial charge >= 0.3 is 0 Å². The molecule has 0 radical (unpaired) electrons. The summed E-state index contributed by atoms with van der Waals surface area (Å²) in [5.74, 6) is -4.84. The van der Waals surface area contributed by atoms with Gasteiger partial charge in [-0.2, -0.15) is 0 Å². The third-order valence-corrected chi connectivity index (χ3v) is 5.38. The lowest BCUT2D eigenvalue weighted by Gasteiger charge is -2.39. The van der Waals surface area contributed by atoms with Crippen LogP contribution in [0.1, 0.15) is 0 Å². The van der Waals surface area contributed by atoms with Gasteiger partial charge in [-0.25, -0.2) is 0 Å². The van der Waals surface area contributed by atoms with E-state index in [0.717, 1.165) is 12.1 Å². The Hall–Kier alpha value is -3.75. The van der Waals surface area contributed by atoms with Gasteiger partial charge in [-0.15, -0.1) is 0 Å². The highest BCUT2D eigenvalue weighted by atomic mass is 16.7. The van der Waals surface area contributed by atoms with Gasteiger partial charge in [-0.1, -0.05) is 0 Å². The average molecular weight is 480 g/mol. The lowest BCUT2D eigenvalue weighted by molar-refractivity contribution is -0.277. The second-order valence-electron chi connectivity index (χ2n) is 7.58. The van der Waals surface area contributed by atoms with E-state index in [2.05, 4.69) is 0 Å². The number of fused-ring (bicyclic) bond motifs is 1. The summed E-state index contributed by atoms with van der Waals surface area (Å²) in [4.78, 5) is 12.8. The molecule has 1 aromatic heterocycles. The number of aromatic hydroxyl groups is 5. The minimum absolute atomic E-state index is 0.0755. The quantitative estimate of drug-likeness (QED) is 0.208. The predicted molar refractivity (Wildman–Crippen MR) is 111 cm³/mol. The number of ether oxygens (including phenoxy) is 2. The van der Waals surface area contributed by atoms with Gasteiger partial charge in [-0.05, 0) is 18.2 Å². The summed E-state index contributed by atoms with van der Waals surface area (Å²) in [6, 6.07) is 3.92. The van der Waals surface area contributed by atoms with Gasteiger partial charge < -0.3 is 59.8 Å². The fourth-order valence-electron chi connectivity index (χ4n) is 3.56. The molecule has 0 spiro atoms. The van der Waals surface area contributed by atoms with Crippen LogP contribution >= 0.6 is 0 Å². The third kappa shape index (κ3) is 3.70. The fourth-order valence-corrected chi connectivity index (χ4v) is 3.56. The van der Waals surface area contributed by atoms with Crippen molar-refractivity contribution in [2.75, 3.05) is 6.61 Å². The van der Waals surface area contributed by atoms with Crippen LogP contribution in [-0.4, -0.2) is 83.3 Å². The summed E-state index contributed by atoms with van der Waals surface area (Å²) in [5.41, 5.74) is -1.84. The summed E-state index contributed by atoms with van der Waals surface area (Å²) >= 11 is 0. The molecule has 0 aliphatic carbocycles. The molecule has 13 heteroatoms. The van der Waals surface area contributed by atoms with E-state index in [4.69, 9.17) is 13.9 Å². The van der Waals surface area contributed by atoms with Crippen molar-refractivity contribution in [3.63, 3.8) is 0 Å². The zero-order valence-corrected chi connectivity index (χ0v) is 17.1. The van der Waals surface area contributed by atoms with Crippen LogP contribution in [0.25, 0.3) is 22.3 Å². The van der Waals surface area contributed by atoms with Gasteiger partial charge in [0.05, 0.1) is 6.61 Å². The van der Waals surface area contributed by atoms with Crippen molar-refractivity contribution in [3.8, 4) is 45.8 Å². The predicted octanol–water partition coefficient (Wildman–Crippen LogP) is -0.833. The van der Waals surface area contributed by atoms with Gasteiger partial charge in [0.25, 0.3) is 0 Å². The van der Waals surface area contributed by atoms with Gasteiger partial charge in [0.2, 0.25) is 23.2 Å². The van der Waals surface area contributed by atoms with Crippen LogP contribution in [-0.2, 0) is 4.74 Å². The maximum atomic E-state index is 12.8. The number of aliphatic hydroxyl groups is 4. The molecule has 182 valence electrons. The molecule has 0 amide bonds. The maximum Gasteiger partial charge on any atom is 0.238 e. The molecule has 2 heterocycles. The highest BCUT2D eigenvalue weighted by Gasteiger charge is 2.45. The van der Waals surface area contributed by atoms with E-state index >= 15 is 0 Å². The first-order valence-corrected chi connectivity index (χ1v) is 9.79. The lowest BCUT2D eigenvalue weighted by atomic mass is 9.99. The van der Waals surface area contributed by atoms with Crippen LogP contribution in [0.3, 0.4) is 0 Å². The third-order valence-electron chi connectivity index (χ3n) is 5.38. The molecule has 13 nitrogen and oxygen atoms in total. The van der Waals surface area contributed by atoms with E-state index in [1.807, 2.05) is 0 Å². The zero-order valence-electron chi connectivity index (χ0n) is 17.1. The second-order valence-corrected chi connectivity index (χ2v) is 7.58. The van der Waals surface area contributed by atoms with Crippen molar-refractivity contribution in [1.82, 2.24) is 0 Å². The van der Waals surface area contributed by atoms with Gasteiger partial charge in [0.1, 0.15) is 35.6 Å². The molecular formula is C21H20O13. The Kier molecular flexibility index (Phi) is 5.89. The standard InChI is InChI=1S/C21H20O13/c22-5-11-13(27)15(29)17(31)21(32-11)34-19-10(26)4-9(25)12-14(28)16(30)18(33-20(12)19)6-1-2-7(23)8(24)3-6/h1-4,11,13,15,17,21-27,29-31H,5H2/t11-,13+,15+,17-,21+/m1/s1. The summed E-state index contributed by atoms with van der Waals surface area (Å²) < 4.78 is 16.2. The van der Waals surface area contributed by atoms with Crippen molar-refractivity contribution in [2.24, 2.45) is 0 Å². The first-order chi connectivity index (χ1) is 16.0. The maximum absolute atomic E-state index is 12.8. The number of hydrogen-bond donors (Lipinski definition) is 9. The Labute approximate surface area is 189 Å². The van der Waals surface area contributed by atoms with E-state index < -0.39 is 94.0 Å². The Morgan fingerprint density at radius 2 is 1.56 bits per heavy atom. The van der Waals surface area contributed by atoms with Crippen LogP contribution in [0.5, 0.6) is 34.5 Å². The molecule has 9 N–H and O–H groups in total. The van der Waals surface area contributed by atoms with Gasteiger partial charge in [0.15, 0.2) is 28.6 Å². The molecule has 1 aliphatic rings. The zero-order chi connectivity index (χ0) is 24.9. The van der Waals surface area contributed by atoms with Gasteiger partial charge in [0, 0.05) is 11.6 Å². The largest absolute Gasteiger partial charge is 0.507 e. The second kappa shape index (κ2) is 8.55. The summed E-state index contributed by atoms with van der Waals surface area (Å²) in [6.45, 7) is -0.759. The SMILES string of the molecule is O=c1c(O)c(-c2ccc(O)c(O)c2)oc2c(O[C@@H]3O[C@H](CO)[C@H](O)[C@H](O)[C@H]3O)c(O)cc(O)c12. The summed E-state index contributed by atoms with van der Waals surface area (Å²) in [7, 11) is 0. The normalized spacial score (nSPS) is 24.9. The van der Waals surface area contributed by atoms with E-state index in [1.165, 1.54) is 6.07 Å². The number of hydrogen-bond acceptors (Lipinski definition) is 13. The number of rotatable bonds is 4. The number of phenolic OH excluding ortho intramolecular Hbond substituents is 4. The van der Waals surface area contributed by atoms with Crippen molar-refractivity contribution in [1.29, 1.82) is 0 Å². The first-order valence-electron chi connectivity index (χ1n) is 9.79. The minimum atomic E-state index is -1.88. The fraction of sp³-hybridized carbons (Fsp3) is 0.286. The van der Waals surface area contributed by atoms with Crippen LogP contribution < -0.4 is 10.2 Å². The van der Waals surface area contributed by atoms with E-state index in [-0.39, 0.29) is 5.56 Å². The lowest BCUT2D eigenvalue weighted by Crippen LogP contribution is -2.60. The van der Waals surface area contributed by atoms with Crippen molar-refractivity contribution in [2.45, 2.75) is 30.7 Å². The van der Waals surface area contributed by atoms with Crippen molar-refractivity contribution < 1.29 is 59.8 Å². The molecule has 4 rings (SSSR count). The van der Waals surface area contributed by atoms with Crippen molar-refractivity contribution in [3.05, 3.63) is 34.5 Å². The van der Waals surface area contributed by atoms with E-state index in [0.29, 0.717) is 6.07 Å². The molecule has 5 atom stereocenters. The topological polar surface area (TPSA) is 231 Å². The van der Waals surface area contributed by atoms with Crippen LogP contribution in [0.15, 0.2) is 33.5 Å². The Bertz CT molecular complexity index is 1300. The van der Waals surface area contributed by atoms with Gasteiger partial charge in [-0.3, -0.25) is 4.79 Å². The molecule has 34 heavy (non-hydrogen) atoms. The summed E-state index contributed by atoms with van der Waals surface area (Å²) in [6.07, 6.45) is -8.50. The van der Waals surface area contributed by atoms with E-state index in [9.17, 15) is 50.8 Å². The first kappa shape index (κ1) is 23.4. The Morgan fingerprint density at radius 1 is 0.853 bits per heavy atom. The molecule has 0 unspecified atom stereocenters. The molecule has 1 aliphatic heterocycles. The molecule has 0 saturated carbocycles. The van der Waals surface area contributed by atoms with Crippen molar-refractivity contribution >= 4 is 11.0 Å². The Morgan fingerprint density at radius 3 is 2.21 bits per heavy atom. The van der Waals surface area contributed by atoms with Crippen LogP contribution in [0, 0.1) is 0 Å². The van der Waals surface area contributed by atoms with Crippen LogP contribution in [0.2, 0.25) is 0 Å². The summed E-state index contributed by atoms with van der Waals surface area (Å²) in [5, 5.41) is 89.0. The molecule has 3 aromatic rings. The highest BCUT2D eigenvalue weighted by molar-refractivity contribution is 5.93. The smallest absolute Gasteiger partial charge is 0.238 e. The Balaban J connectivity index is 1.89. The molecule has 2 aromatic carbocycles. The van der Waals surface area contributed by atoms with E-state index in [1.54, 1.807) is 0 Å². The minimum Gasteiger partial charge on any atom is -0.507 e. The highest BCUT2D eigenvalue weighted by Crippen LogP contribution is 2.44.